The Kier molecular flexibility index (Phi) is 4.97. The molecule has 0 saturated heterocycles. The highest BCUT2D eigenvalue weighted by Crippen LogP contribution is 2.28. The smallest absolute Gasteiger partial charge is 0.392 e. The molecule has 0 amide bonds. The molecule has 152 valence electrons. The molecule has 0 fully saturated rings. The molecule has 1 aliphatic rings. The maximum absolute atomic E-state index is 13.3. The van der Waals surface area contributed by atoms with E-state index >= 15 is 0 Å². The zero-order valence-corrected chi connectivity index (χ0v) is 15.3. The van der Waals surface area contributed by atoms with Crippen molar-refractivity contribution in [1.82, 2.24) is 14.4 Å². The Labute approximate surface area is 163 Å². The number of aromatic nitrogens is 3. The van der Waals surface area contributed by atoms with Crippen molar-refractivity contribution in [3.63, 3.8) is 0 Å². The molecule has 2 heterocycles. The number of rotatable bonds is 5. The summed E-state index contributed by atoms with van der Waals surface area (Å²) >= 11 is 0. The van der Waals surface area contributed by atoms with Crippen LogP contribution in [0.1, 0.15) is 29.8 Å². The molecule has 0 spiro atoms. The van der Waals surface area contributed by atoms with E-state index in [4.69, 9.17) is 4.74 Å². The second-order valence-electron chi connectivity index (χ2n) is 6.91. The SMILES string of the molecule is O=C(Cc1c(-c2ccc(F)cc2)nc2nc3c(cn12)CCC3)OCCC(F)(F)F. The van der Waals surface area contributed by atoms with Gasteiger partial charge in [-0.25, -0.2) is 14.4 Å². The first-order valence-electron chi connectivity index (χ1n) is 9.18. The van der Waals surface area contributed by atoms with Crippen LogP contribution in [0.3, 0.4) is 0 Å². The summed E-state index contributed by atoms with van der Waals surface area (Å²) in [6.07, 6.45) is -1.32. The number of ether oxygens (including phenoxy) is 1. The largest absolute Gasteiger partial charge is 0.465 e. The molecular weight excluding hydrogens is 390 g/mol. The van der Waals surface area contributed by atoms with Crippen LogP contribution in [0.15, 0.2) is 30.5 Å². The molecule has 4 rings (SSSR count). The van der Waals surface area contributed by atoms with Crippen LogP contribution >= 0.6 is 0 Å². The Hall–Kier alpha value is -2.97. The summed E-state index contributed by atoms with van der Waals surface area (Å²) in [6, 6.07) is 5.61. The summed E-state index contributed by atoms with van der Waals surface area (Å²) in [6.45, 7) is -0.738. The first-order valence-corrected chi connectivity index (χ1v) is 9.18. The number of carbonyl (C=O) groups is 1. The van der Waals surface area contributed by atoms with Gasteiger partial charge in [0, 0.05) is 17.5 Å². The summed E-state index contributed by atoms with van der Waals surface area (Å²) < 4.78 is 56.6. The fraction of sp³-hybridized carbons (Fsp3) is 0.350. The van der Waals surface area contributed by atoms with Crippen LogP contribution in [0.4, 0.5) is 17.6 Å². The van der Waals surface area contributed by atoms with Crippen molar-refractivity contribution in [2.24, 2.45) is 0 Å². The van der Waals surface area contributed by atoms with Gasteiger partial charge in [-0.15, -0.1) is 0 Å². The molecule has 1 aliphatic carbocycles. The van der Waals surface area contributed by atoms with Gasteiger partial charge < -0.3 is 4.74 Å². The van der Waals surface area contributed by atoms with Gasteiger partial charge in [-0.2, -0.15) is 13.2 Å². The van der Waals surface area contributed by atoms with Crippen molar-refractivity contribution < 1.29 is 27.1 Å². The van der Waals surface area contributed by atoms with E-state index in [0.29, 0.717) is 22.7 Å². The normalized spacial score (nSPS) is 13.7. The third-order valence-corrected chi connectivity index (χ3v) is 4.82. The van der Waals surface area contributed by atoms with Gasteiger partial charge in [-0.3, -0.25) is 9.20 Å². The molecule has 0 radical (unpaired) electrons. The lowest BCUT2D eigenvalue weighted by Gasteiger charge is -2.09. The topological polar surface area (TPSA) is 56.5 Å². The van der Waals surface area contributed by atoms with E-state index in [-0.39, 0.29) is 6.42 Å². The minimum Gasteiger partial charge on any atom is -0.465 e. The van der Waals surface area contributed by atoms with E-state index in [9.17, 15) is 22.4 Å². The minimum absolute atomic E-state index is 0.272. The number of hydrogen-bond acceptors (Lipinski definition) is 4. The molecule has 5 nitrogen and oxygen atoms in total. The monoisotopic (exact) mass is 407 g/mol. The fourth-order valence-electron chi connectivity index (χ4n) is 3.44. The first kappa shape index (κ1) is 19.4. The second kappa shape index (κ2) is 7.46. The highest BCUT2D eigenvalue weighted by molar-refractivity contribution is 5.77. The average Bonchev–Trinajstić information content (AvgIpc) is 3.24. The third-order valence-electron chi connectivity index (χ3n) is 4.82. The van der Waals surface area contributed by atoms with Crippen molar-refractivity contribution in [3.05, 3.63) is 53.2 Å². The molecule has 1 aromatic carbocycles. The molecule has 2 aromatic heterocycles. The number of alkyl halides is 3. The van der Waals surface area contributed by atoms with E-state index in [0.717, 1.165) is 30.5 Å². The number of fused-ring (bicyclic) bond motifs is 2. The highest BCUT2D eigenvalue weighted by atomic mass is 19.4. The molecule has 9 heteroatoms. The van der Waals surface area contributed by atoms with Gasteiger partial charge in [0.2, 0.25) is 5.78 Å². The Morgan fingerprint density at radius 1 is 1.14 bits per heavy atom. The van der Waals surface area contributed by atoms with Crippen LogP contribution in [0.5, 0.6) is 0 Å². The molecule has 0 N–H and O–H groups in total. The van der Waals surface area contributed by atoms with Gasteiger partial charge in [0.05, 0.1) is 30.8 Å². The lowest BCUT2D eigenvalue weighted by Crippen LogP contribution is -2.16. The third kappa shape index (κ3) is 4.23. The van der Waals surface area contributed by atoms with Gasteiger partial charge >= 0.3 is 12.1 Å². The van der Waals surface area contributed by atoms with E-state index in [2.05, 4.69) is 9.97 Å². The summed E-state index contributed by atoms with van der Waals surface area (Å²) in [4.78, 5) is 21.3. The van der Waals surface area contributed by atoms with E-state index in [1.54, 1.807) is 4.40 Å². The highest BCUT2D eigenvalue weighted by Gasteiger charge is 2.28. The molecule has 3 aromatic rings. The van der Waals surface area contributed by atoms with Crippen LogP contribution in [-0.4, -0.2) is 33.1 Å². The number of benzene rings is 1. The summed E-state index contributed by atoms with van der Waals surface area (Å²) in [5.41, 5.74) is 3.45. The number of carbonyl (C=O) groups excluding carboxylic acids is 1. The van der Waals surface area contributed by atoms with Crippen LogP contribution in [0, 0.1) is 5.82 Å². The van der Waals surface area contributed by atoms with E-state index in [1.807, 2.05) is 6.20 Å². The Balaban J connectivity index is 1.68. The molecule has 0 saturated carbocycles. The first-order chi connectivity index (χ1) is 13.8. The Morgan fingerprint density at radius 2 is 1.90 bits per heavy atom. The van der Waals surface area contributed by atoms with E-state index < -0.39 is 31.0 Å². The number of aryl methyl sites for hydroxylation is 2. The van der Waals surface area contributed by atoms with Crippen molar-refractivity contribution in [3.8, 4) is 11.3 Å². The summed E-state index contributed by atoms with van der Waals surface area (Å²) in [5.74, 6) is -0.814. The molecule has 0 atom stereocenters. The molecule has 0 aliphatic heterocycles. The molecule has 0 bridgehead atoms. The Bertz CT molecular complexity index is 1060. The van der Waals surface area contributed by atoms with Crippen molar-refractivity contribution in [2.75, 3.05) is 6.61 Å². The molecule has 0 unspecified atom stereocenters. The van der Waals surface area contributed by atoms with E-state index in [1.165, 1.54) is 24.3 Å². The zero-order chi connectivity index (χ0) is 20.6. The Morgan fingerprint density at radius 3 is 2.62 bits per heavy atom. The van der Waals surface area contributed by atoms with Crippen molar-refractivity contribution >= 4 is 11.7 Å². The van der Waals surface area contributed by atoms with Gasteiger partial charge in [0.1, 0.15) is 5.82 Å². The van der Waals surface area contributed by atoms with Gasteiger partial charge in [0.25, 0.3) is 0 Å². The van der Waals surface area contributed by atoms with Crippen LogP contribution < -0.4 is 0 Å². The average molecular weight is 407 g/mol. The predicted octanol–water partition coefficient (Wildman–Crippen LogP) is 4.06. The quantitative estimate of drug-likeness (QED) is 0.473. The minimum atomic E-state index is -4.40. The number of nitrogens with zero attached hydrogens (tertiary/aromatic N) is 3. The summed E-state index contributed by atoms with van der Waals surface area (Å²) in [5, 5.41) is 0. The van der Waals surface area contributed by atoms with Crippen LogP contribution in [0.2, 0.25) is 0 Å². The standard InChI is InChI=1S/C20H17F4N3O2/c21-14-6-4-12(5-7-14)18-16(10-17(28)29-9-8-20(22,23)24)27-11-13-2-1-3-15(13)25-19(27)26-18/h4-7,11H,1-3,8-10H2. The van der Waals surface area contributed by atoms with Crippen molar-refractivity contribution in [1.29, 1.82) is 0 Å². The molecule has 29 heavy (non-hydrogen) atoms. The van der Waals surface area contributed by atoms with Gasteiger partial charge in [0.15, 0.2) is 0 Å². The number of hydrogen-bond donors (Lipinski definition) is 0. The maximum Gasteiger partial charge on any atom is 0.392 e. The predicted molar refractivity (Wildman–Crippen MR) is 95.7 cm³/mol. The van der Waals surface area contributed by atoms with Crippen LogP contribution in [0.25, 0.3) is 17.0 Å². The van der Waals surface area contributed by atoms with Gasteiger partial charge in [-0.1, -0.05) is 0 Å². The number of halogens is 4. The fourth-order valence-corrected chi connectivity index (χ4v) is 3.44. The zero-order valence-electron chi connectivity index (χ0n) is 15.3. The van der Waals surface area contributed by atoms with Crippen molar-refractivity contribution in [2.45, 2.75) is 38.3 Å². The van der Waals surface area contributed by atoms with Crippen LogP contribution in [-0.2, 0) is 28.8 Å². The molecular formula is C20H17F4N3O2. The summed E-state index contributed by atoms with van der Waals surface area (Å²) in [7, 11) is 0. The van der Waals surface area contributed by atoms with Gasteiger partial charge in [-0.05, 0) is 49.1 Å². The number of imidazole rings is 1. The lowest BCUT2D eigenvalue weighted by atomic mass is 10.1. The maximum atomic E-state index is 13.3. The second-order valence-corrected chi connectivity index (χ2v) is 6.91. The number of esters is 1. The lowest BCUT2D eigenvalue weighted by molar-refractivity contribution is -0.158.